The van der Waals surface area contributed by atoms with Crippen LogP contribution < -0.4 is 9.47 Å². The molecule has 3 rings (SSSR count). The number of hydrogen-bond acceptors (Lipinski definition) is 3. The first-order valence-electron chi connectivity index (χ1n) is 9.46. The number of ether oxygens (including phenoxy) is 2. The molecule has 4 nitrogen and oxygen atoms in total. The minimum Gasteiger partial charge on any atom is -0.497 e. The second-order valence-corrected chi connectivity index (χ2v) is 6.63. The van der Waals surface area contributed by atoms with Crippen molar-refractivity contribution in [2.24, 2.45) is 0 Å². The second kappa shape index (κ2) is 10.1. The first-order valence-corrected chi connectivity index (χ1v) is 9.46. The SMILES string of the molecule is COc1ccc(CN(Cc2ccc(OC)cc2)C(=O)/C=C/c2ccccc2)cc1. The lowest BCUT2D eigenvalue weighted by Gasteiger charge is -2.22. The Bertz CT molecular complexity index is 883. The van der Waals surface area contributed by atoms with E-state index in [1.165, 1.54) is 0 Å². The van der Waals surface area contributed by atoms with E-state index in [1.807, 2.05) is 89.8 Å². The number of benzene rings is 3. The quantitative estimate of drug-likeness (QED) is 0.514. The number of amides is 1. The molecule has 0 aromatic heterocycles. The van der Waals surface area contributed by atoms with Gasteiger partial charge in [-0.2, -0.15) is 0 Å². The summed E-state index contributed by atoms with van der Waals surface area (Å²) in [7, 11) is 3.28. The van der Waals surface area contributed by atoms with E-state index in [4.69, 9.17) is 9.47 Å². The maximum Gasteiger partial charge on any atom is 0.247 e. The van der Waals surface area contributed by atoms with E-state index in [9.17, 15) is 4.79 Å². The van der Waals surface area contributed by atoms with Crippen LogP contribution in [0, 0.1) is 0 Å². The van der Waals surface area contributed by atoms with Gasteiger partial charge < -0.3 is 14.4 Å². The summed E-state index contributed by atoms with van der Waals surface area (Å²) in [4.78, 5) is 14.8. The molecule has 29 heavy (non-hydrogen) atoms. The van der Waals surface area contributed by atoms with E-state index in [1.54, 1.807) is 20.3 Å². The Balaban J connectivity index is 1.78. The van der Waals surface area contributed by atoms with Crippen molar-refractivity contribution in [1.82, 2.24) is 4.90 Å². The number of rotatable bonds is 8. The van der Waals surface area contributed by atoms with Gasteiger partial charge in [-0.25, -0.2) is 0 Å². The molecule has 0 aliphatic heterocycles. The van der Waals surface area contributed by atoms with Gasteiger partial charge in [0.25, 0.3) is 0 Å². The molecule has 0 saturated carbocycles. The van der Waals surface area contributed by atoms with Gasteiger partial charge in [0.2, 0.25) is 5.91 Å². The zero-order chi connectivity index (χ0) is 20.5. The Hall–Kier alpha value is -3.53. The van der Waals surface area contributed by atoms with Crippen molar-refractivity contribution in [3.63, 3.8) is 0 Å². The molecular formula is C25H25NO3. The first kappa shape index (κ1) is 20.2. The van der Waals surface area contributed by atoms with Gasteiger partial charge in [0, 0.05) is 19.2 Å². The van der Waals surface area contributed by atoms with Gasteiger partial charge >= 0.3 is 0 Å². The van der Waals surface area contributed by atoms with E-state index < -0.39 is 0 Å². The maximum atomic E-state index is 13.0. The summed E-state index contributed by atoms with van der Waals surface area (Å²) in [6, 6.07) is 25.4. The third kappa shape index (κ3) is 5.98. The average molecular weight is 387 g/mol. The minimum absolute atomic E-state index is 0.0412. The normalized spacial score (nSPS) is 10.7. The van der Waals surface area contributed by atoms with E-state index >= 15 is 0 Å². The predicted octanol–water partition coefficient (Wildman–Crippen LogP) is 4.95. The molecule has 0 unspecified atom stereocenters. The molecule has 0 aliphatic carbocycles. The molecule has 0 radical (unpaired) electrons. The summed E-state index contributed by atoms with van der Waals surface area (Å²) in [6.45, 7) is 1.02. The molecule has 4 heteroatoms. The summed E-state index contributed by atoms with van der Waals surface area (Å²) in [5.74, 6) is 1.55. The highest BCUT2D eigenvalue weighted by Gasteiger charge is 2.13. The number of hydrogen-bond donors (Lipinski definition) is 0. The molecular weight excluding hydrogens is 362 g/mol. The third-order valence-electron chi connectivity index (χ3n) is 4.59. The minimum atomic E-state index is -0.0412. The molecule has 0 fully saturated rings. The highest BCUT2D eigenvalue weighted by Crippen LogP contribution is 2.17. The molecule has 0 spiro atoms. The van der Waals surface area contributed by atoms with Crippen LogP contribution in [0.5, 0.6) is 11.5 Å². The molecule has 0 atom stereocenters. The van der Waals surface area contributed by atoms with Crippen LogP contribution >= 0.6 is 0 Å². The molecule has 3 aromatic rings. The molecule has 0 aliphatic rings. The van der Waals surface area contributed by atoms with Gasteiger partial charge in [-0.1, -0.05) is 54.6 Å². The monoisotopic (exact) mass is 387 g/mol. The zero-order valence-electron chi connectivity index (χ0n) is 16.7. The van der Waals surface area contributed by atoms with Crippen molar-refractivity contribution in [2.45, 2.75) is 13.1 Å². The summed E-state index contributed by atoms with van der Waals surface area (Å²) in [6.07, 6.45) is 3.47. The topological polar surface area (TPSA) is 38.8 Å². The van der Waals surface area contributed by atoms with E-state index in [0.29, 0.717) is 13.1 Å². The summed E-state index contributed by atoms with van der Waals surface area (Å²) < 4.78 is 10.4. The fourth-order valence-corrected chi connectivity index (χ4v) is 2.95. The van der Waals surface area contributed by atoms with Gasteiger partial charge in [-0.05, 0) is 47.0 Å². The van der Waals surface area contributed by atoms with Crippen LogP contribution in [-0.2, 0) is 17.9 Å². The number of carbonyl (C=O) groups is 1. The van der Waals surface area contributed by atoms with Gasteiger partial charge in [-0.15, -0.1) is 0 Å². The van der Waals surface area contributed by atoms with Gasteiger partial charge in [-0.3, -0.25) is 4.79 Å². The van der Waals surface area contributed by atoms with E-state index in [-0.39, 0.29) is 5.91 Å². The fraction of sp³-hybridized carbons (Fsp3) is 0.160. The molecule has 1 amide bonds. The zero-order valence-corrected chi connectivity index (χ0v) is 16.7. The van der Waals surface area contributed by atoms with Crippen molar-refractivity contribution < 1.29 is 14.3 Å². The summed E-state index contributed by atoms with van der Waals surface area (Å²) in [5.41, 5.74) is 3.08. The molecule has 0 N–H and O–H groups in total. The van der Waals surface area contributed by atoms with Crippen molar-refractivity contribution in [3.05, 3.63) is 102 Å². The van der Waals surface area contributed by atoms with Crippen LogP contribution in [0.25, 0.3) is 6.08 Å². The molecule has 0 heterocycles. The van der Waals surface area contributed by atoms with Crippen molar-refractivity contribution >= 4 is 12.0 Å². The highest BCUT2D eigenvalue weighted by molar-refractivity contribution is 5.91. The van der Waals surface area contributed by atoms with Crippen molar-refractivity contribution in [1.29, 1.82) is 0 Å². The number of carbonyl (C=O) groups excluding carboxylic acids is 1. The number of methoxy groups -OCH3 is 2. The lowest BCUT2D eigenvalue weighted by molar-refractivity contribution is -0.127. The van der Waals surface area contributed by atoms with Crippen LogP contribution in [-0.4, -0.2) is 25.0 Å². The molecule has 3 aromatic carbocycles. The Morgan fingerprint density at radius 2 is 1.24 bits per heavy atom. The molecule has 0 bridgehead atoms. The Morgan fingerprint density at radius 3 is 1.69 bits per heavy atom. The predicted molar refractivity (Wildman–Crippen MR) is 116 cm³/mol. The molecule has 0 saturated heterocycles. The van der Waals surface area contributed by atoms with Crippen LogP contribution in [0.2, 0.25) is 0 Å². The maximum absolute atomic E-state index is 13.0. The average Bonchev–Trinajstić information content (AvgIpc) is 2.78. The second-order valence-electron chi connectivity index (χ2n) is 6.63. The number of nitrogens with zero attached hydrogens (tertiary/aromatic N) is 1. The van der Waals surface area contributed by atoms with E-state index in [0.717, 1.165) is 28.2 Å². The highest BCUT2D eigenvalue weighted by atomic mass is 16.5. The molecule has 148 valence electrons. The summed E-state index contributed by atoms with van der Waals surface area (Å²) in [5, 5.41) is 0. The fourth-order valence-electron chi connectivity index (χ4n) is 2.95. The smallest absolute Gasteiger partial charge is 0.247 e. The Morgan fingerprint density at radius 1 is 0.759 bits per heavy atom. The van der Waals surface area contributed by atoms with Gasteiger partial charge in [0.15, 0.2) is 0 Å². The van der Waals surface area contributed by atoms with Gasteiger partial charge in [0.05, 0.1) is 14.2 Å². The van der Waals surface area contributed by atoms with E-state index in [2.05, 4.69) is 0 Å². The summed E-state index contributed by atoms with van der Waals surface area (Å²) >= 11 is 0. The lowest BCUT2D eigenvalue weighted by atomic mass is 10.1. The van der Waals surface area contributed by atoms with Crippen LogP contribution in [0.4, 0.5) is 0 Å². The van der Waals surface area contributed by atoms with Crippen LogP contribution in [0.1, 0.15) is 16.7 Å². The standard InChI is InChI=1S/C25H25NO3/c1-28-23-13-8-21(9-14-23)18-26(19-22-10-15-24(29-2)16-11-22)25(27)17-12-20-6-4-3-5-7-20/h3-17H,18-19H2,1-2H3/b17-12+. The van der Waals surface area contributed by atoms with Crippen LogP contribution in [0.15, 0.2) is 84.9 Å². The third-order valence-corrected chi connectivity index (χ3v) is 4.59. The largest absolute Gasteiger partial charge is 0.497 e. The first-order chi connectivity index (χ1) is 14.2. The Kier molecular flexibility index (Phi) is 7.06. The van der Waals surface area contributed by atoms with Gasteiger partial charge in [0.1, 0.15) is 11.5 Å². The lowest BCUT2D eigenvalue weighted by Crippen LogP contribution is -2.28. The Labute approximate surface area is 172 Å². The van der Waals surface area contributed by atoms with Crippen molar-refractivity contribution in [2.75, 3.05) is 14.2 Å². The van der Waals surface area contributed by atoms with Crippen LogP contribution in [0.3, 0.4) is 0 Å². The van der Waals surface area contributed by atoms with Crippen molar-refractivity contribution in [3.8, 4) is 11.5 Å².